The van der Waals surface area contributed by atoms with Gasteiger partial charge in [-0.25, -0.2) is 4.79 Å². The Balaban J connectivity index is 2.05. The highest BCUT2D eigenvalue weighted by Gasteiger charge is 2.11. The molecular formula is C19H18BrN3O4. The van der Waals surface area contributed by atoms with Crippen molar-refractivity contribution >= 4 is 33.0 Å². The molecule has 0 aliphatic carbocycles. The molecule has 8 heteroatoms. The van der Waals surface area contributed by atoms with Gasteiger partial charge in [0.15, 0.2) is 11.5 Å². The van der Waals surface area contributed by atoms with Gasteiger partial charge in [0, 0.05) is 10.0 Å². The summed E-state index contributed by atoms with van der Waals surface area (Å²) in [5, 5.41) is 4.44. The molecule has 0 aliphatic rings. The molecule has 0 fully saturated rings. The van der Waals surface area contributed by atoms with Gasteiger partial charge in [-0.05, 0) is 54.0 Å². The fourth-order valence-electron chi connectivity index (χ4n) is 2.53. The van der Waals surface area contributed by atoms with E-state index in [9.17, 15) is 9.59 Å². The molecule has 0 saturated carbocycles. The number of ether oxygens (including phenoxy) is 2. The van der Waals surface area contributed by atoms with Crippen LogP contribution in [-0.4, -0.2) is 29.1 Å². The average molecular weight is 432 g/mol. The Morgan fingerprint density at radius 3 is 2.63 bits per heavy atom. The predicted octanol–water partition coefficient (Wildman–Crippen LogP) is 3.13. The smallest absolute Gasteiger partial charge is 0.349 e. The number of nitrogens with one attached hydrogen (secondary N) is 1. The van der Waals surface area contributed by atoms with Crippen LogP contribution in [0.5, 0.6) is 11.5 Å². The molecule has 3 rings (SSSR count). The Morgan fingerprint density at radius 1 is 1.19 bits per heavy atom. The number of rotatable bonds is 5. The second-order valence-corrected chi connectivity index (χ2v) is 6.88. The molecule has 0 aliphatic heterocycles. The van der Waals surface area contributed by atoms with Crippen LogP contribution in [-0.2, 0) is 0 Å². The Morgan fingerprint density at radius 2 is 1.93 bits per heavy atom. The van der Waals surface area contributed by atoms with Gasteiger partial charge in [0.1, 0.15) is 0 Å². The topological polar surface area (TPSA) is 85.7 Å². The van der Waals surface area contributed by atoms with Gasteiger partial charge in [0.25, 0.3) is 5.56 Å². The summed E-state index contributed by atoms with van der Waals surface area (Å²) < 4.78 is 12.5. The van der Waals surface area contributed by atoms with E-state index < -0.39 is 11.2 Å². The van der Waals surface area contributed by atoms with E-state index in [1.165, 1.54) is 13.3 Å². The molecule has 3 aromatic rings. The Hall–Kier alpha value is -2.87. The lowest BCUT2D eigenvalue weighted by Gasteiger charge is -2.14. The Labute approximate surface area is 163 Å². The van der Waals surface area contributed by atoms with Crippen LogP contribution in [0, 0.1) is 0 Å². The maximum absolute atomic E-state index is 12.5. The van der Waals surface area contributed by atoms with Gasteiger partial charge >= 0.3 is 5.69 Å². The summed E-state index contributed by atoms with van der Waals surface area (Å²) in [5.74, 6) is 1.10. The molecular weight excluding hydrogens is 414 g/mol. The van der Waals surface area contributed by atoms with Crippen molar-refractivity contribution in [2.45, 2.75) is 20.0 Å². The third-order valence-corrected chi connectivity index (χ3v) is 4.43. The first-order chi connectivity index (χ1) is 12.9. The van der Waals surface area contributed by atoms with E-state index in [0.717, 1.165) is 4.68 Å². The van der Waals surface area contributed by atoms with Crippen LogP contribution < -0.4 is 20.7 Å². The minimum atomic E-state index is -0.613. The van der Waals surface area contributed by atoms with E-state index >= 15 is 0 Å². The molecule has 7 nitrogen and oxygen atoms in total. The van der Waals surface area contributed by atoms with E-state index in [1.54, 1.807) is 36.4 Å². The number of H-pyrrole nitrogens is 1. The standard InChI is InChI=1S/C19H18BrN3O4/c1-11(2)27-17-9-14(20)12(8-16(17)26-3)10-21-23-18(24)13-6-4-5-7-15(13)22-19(23)25/h4-11H,1-3H3,(H,22,25). The summed E-state index contributed by atoms with van der Waals surface area (Å²) in [6, 6.07) is 10.2. The molecule has 1 heterocycles. The second kappa shape index (κ2) is 7.79. The van der Waals surface area contributed by atoms with E-state index in [1.807, 2.05) is 13.8 Å². The van der Waals surface area contributed by atoms with Gasteiger partial charge in [-0.15, -0.1) is 4.68 Å². The third-order valence-electron chi connectivity index (χ3n) is 3.74. The molecule has 27 heavy (non-hydrogen) atoms. The molecule has 0 amide bonds. The quantitative estimate of drug-likeness (QED) is 0.628. The zero-order valence-electron chi connectivity index (χ0n) is 15.0. The second-order valence-electron chi connectivity index (χ2n) is 6.03. The number of aromatic amines is 1. The first kappa shape index (κ1) is 18.9. The molecule has 2 aromatic carbocycles. The minimum absolute atomic E-state index is 0.0138. The fourth-order valence-corrected chi connectivity index (χ4v) is 2.96. The van der Waals surface area contributed by atoms with Crippen molar-refractivity contribution in [3.05, 3.63) is 67.3 Å². The zero-order valence-corrected chi connectivity index (χ0v) is 16.6. The number of fused-ring (bicyclic) bond motifs is 1. The van der Waals surface area contributed by atoms with Crippen molar-refractivity contribution in [1.29, 1.82) is 0 Å². The molecule has 0 radical (unpaired) electrons. The summed E-state index contributed by atoms with van der Waals surface area (Å²) in [7, 11) is 1.54. The number of para-hydroxylation sites is 1. The zero-order chi connectivity index (χ0) is 19.6. The summed E-state index contributed by atoms with van der Waals surface area (Å²) in [6.07, 6.45) is 1.40. The summed E-state index contributed by atoms with van der Waals surface area (Å²) in [6.45, 7) is 3.84. The first-order valence-corrected chi connectivity index (χ1v) is 9.02. The number of methoxy groups -OCH3 is 1. The van der Waals surface area contributed by atoms with E-state index in [2.05, 4.69) is 26.0 Å². The largest absolute Gasteiger partial charge is 0.493 e. The number of nitrogens with zero attached hydrogens (tertiary/aromatic N) is 2. The number of halogens is 1. The van der Waals surface area contributed by atoms with E-state index in [4.69, 9.17) is 9.47 Å². The maximum Gasteiger partial charge on any atom is 0.349 e. The van der Waals surface area contributed by atoms with Crippen LogP contribution in [0.4, 0.5) is 0 Å². The van der Waals surface area contributed by atoms with E-state index in [-0.39, 0.29) is 6.10 Å². The third kappa shape index (κ3) is 3.95. The molecule has 0 atom stereocenters. The summed E-state index contributed by atoms with van der Waals surface area (Å²) in [4.78, 5) is 27.4. The molecule has 0 bridgehead atoms. The van der Waals surface area contributed by atoms with Gasteiger partial charge in [0.05, 0.1) is 30.3 Å². The van der Waals surface area contributed by atoms with Crippen molar-refractivity contribution in [3.63, 3.8) is 0 Å². The number of hydrogen-bond acceptors (Lipinski definition) is 5. The Bertz CT molecular complexity index is 1130. The minimum Gasteiger partial charge on any atom is -0.493 e. The van der Waals surface area contributed by atoms with Crippen molar-refractivity contribution in [2.75, 3.05) is 7.11 Å². The van der Waals surface area contributed by atoms with Gasteiger partial charge < -0.3 is 14.5 Å². The molecule has 0 saturated heterocycles. The molecule has 1 aromatic heterocycles. The lowest BCUT2D eigenvalue weighted by atomic mass is 10.2. The van der Waals surface area contributed by atoms with Crippen LogP contribution in [0.25, 0.3) is 10.9 Å². The Kier molecular flexibility index (Phi) is 5.46. The van der Waals surface area contributed by atoms with Crippen molar-refractivity contribution < 1.29 is 9.47 Å². The van der Waals surface area contributed by atoms with Gasteiger partial charge in [-0.1, -0.05) is 12.1 Å². The van der Waals surface area contributed by atoms with Crippen molar-refractivity contribution in [3.8, 4) is 11.5 Å². The van der Waals surface area contributed by atoms with Crippen LogP contribution in [0.1, 0.15) is 19.4 Å². The lowest BCUT2D eigenvalue weighted by molar-refractivity contribution is 0.230. The molecule has 0 unspecified atom stereocenters. The first-order valence-electron chi connectivity index (χ1n) is 8.23. The SMILES string of the molecule is COc1cc(C=Nn2c(=O)[nH]c3ccccc3c2=O)c(Br)cc1OC(C)C. The van der Waals surface area contributed by atoms with Gasteiger partial charge in [0.2, 0.25) is 0 Å². The summed E-state index contributed by atoms with van der Waals surface area (Å²) >= 11 is 3.45. The van der Waals surface area contributed by atoms with Crippen molar-refractivity contribution in [1.82, 2.24) is 9.66 Å². The van der Waals surface area contributed by atoms with Crippen molar-refractivity contribution in [2.24, 2.45) is 5.10 Å². The van der Waals surface area contributed by atoms with Crippen LogP contribution >= 0.6 is 15.9 Å². The van der Waals surface area contributed by atoms with Gasteiger partial charge in [-0.3, -0.25) is 4.79 Å². The molecule has 1 N–H and O–H groups in total. The van der Waals surface area contributed by atoms with Crippen LogP contribution in [0.2, 0.25) is 0 Å². The van der Waals surface area contributed by atoms with E-state index in [0.29, 0.717) is 32.4 Å². The van der Waals surface area contributed by atoms with Crippen LogP contribution in [0.3, 0.4) is 0 Å². The molecule has 0 spiro atoms. The highest BCUT2D eigenvalue weighted by molar-refractivity contribution is 9.10. The molecule has 140 valence electrons. The lowest BCUT2D eigenvalue weighted by Crippen LogP contribution is -2.32. The number of hydrogen-bond donors (Lipinski definition) is 1. The monoisotopic (exact) mass is 431 g/mol. The highest BCUT2D eigenvalue weighted by Crippen LogP contribution is 2.33. The van der Waals surface area contributed by atoms with Crippen LogP contribution in [0.15, 0.2) is 55.6 Å². The normalized spacial score (nSPS) is 11.4. The fraction of sp³-hybridized carbons (Fsp3) is 0.211. The number of benzene rings is 2. The maximum atomic E-state index is 12.5. The average Bonchev–Trinajstić information content (AvgIpc) is 2.62. The number of aromatic nitrogens is 2. The predicted molar refractivity (Wildman–Crippen MR) is 108 cm³/mol. The summed E-state index contributed by atoms with van der Waals surface area (Å²) in [5.41, 5.74) is -0.00866. The van der Waals surface area contributed by atoms with Gasteiger partial charge in [-0.2, -0.15) is 5.10 Å². The highest BCUT2D eigenvalue weighted by atomic mass is 79.9.